The zero-order chi connectivity index (χ0) is 17.7. The van der Waals surface area contributed by atoms with E-state index in [4.69, 9.17) is 11.6 Å². The third kappa shape index (κ3) is 3.60. The summed E-state index contributed by atoms with van der Waals surface area (Å²) in [4.78, 5) is 16.2. The summed E-state index contributed by atoms with van der Waals surface area (Å²) in [5.74, 6) is -0.0742. The molecule has 126 valence electrons. The number of aromatic hydroxyl groups is 1. The van der Waals surface area contributed by atoms with Gasteiger partial charge in [-0.05, 0) is 25.5 Å². The Balaban J connectivity index is 2.63. The summed E-state index contributed by atoms with van der Waals surface area (Å²) in [5, 5.41) is 15.0. The lowest BCUT2D eigenvalue weighted by atomic mass is 9.95. The Kier molecular flexibility index (Phi) is 5.99. The van der Waals surface area contributed by atoms with Crippen LogP contribution in [0.5, 0.6) is 5.75 Å². The van der Waals surface area contributed by atoms with Gasteiger partial charge in [-0.15, -0.1) is 0 Å². The van der Waals surface area contributed by atoms with Crippen molar-refractivity contribution in [1.29, 1.82) is 0 Å². The molecule has 1 atom stereocenters. The summed E-state index contributed by atoms with van der Waals surface area (Å²) < 4.78 is 0. The molecule has 0 aliphatic rings. The molecule has 0 saturated carbocycles. The highest BCUT2D eigenvalue weighted by Crippen LogP contribution is 2.37. The van der Waals surface area contributed by atoms with Crippen LogP contribution in [-0.2, 0) is 4.79 Å². The van der Waals surface area contributed by atoms with Crippen molar-refractivity contribution in [3.8, 4) is 5.75 Å². The van der Waals surface area contributed by atoms with E-state index in [1.807, 2.05) is 38.1 Å². The first kappa shape index (κ1) is 18.0. The molecule has 24 heavy (non-hydrogen) atoms. The normalized spacial score (nSPS) is 13.8. The fourth-order valence-electron chi connectivity index (χ4n) is 2.57. The van der Waals surface area contributed by atoms with Crippen LogP contribution < -0.4 is 5.32 Å². The third-order valence-electron chi connectivity index (χ3n) is 3.87. The maximum Gasteiger partial charge on any atom is 0.220 e. The van der Waals surface area contributed by atoms with Crippen LogP contribution >= 0.6 is 11.6 Å². The molecule has 1 aromatic carbocycles. The number of benzene rings is 1. The smallest absolute Gasteiger partial charge is 0.220 e. The van der Waals surface area contributed by atoms with Crippen molar-refractivity contribution >= 4 is 28.4 Å². The van der Waals surface area contributed by atoms with E-state index < -0.39 is 6.04 Å². The molecule has 1 aromatic heterocycles. The second-order valence-corrected chi connectivity index (χ2v) is 5.72. The molecule has 2 aromatic rings. The summed E-state index contributed by atoms with van der Waals surface area (Å²) in [5.41, 5.74) is 1.79. The maximum atomic E-state index is 12.0. The van der Waals surface area contributed by atoms with Gasteiger partial charge in [0.2, 0.25) is 5.91 Å². The highest BCUT2D eigenvalue weighted by molar-refractivity contribution is 6.32. The number of nitrogens with zero attached hydrogens (tertiary/aromatic N) is 1. The van der Waals surface area contributed by atoms with Crippen LogP contribution in [0.15, 0.2) is 53.2 Å². The number of hydrogen-bond acceptors (Lipinski definition) is 3. The highest BCUT2D eigenvalue weighted by Gasteiger charge is 2.24. The quantitative estimate of drug-likeness (QED) is 0.779. The number of amides is 1. The van der Waals surface area contributed by atoms with E-state index in [-0.39, 0.29) is 11.7 Å². The molecule has 2 N–H and O–H groups in total. The van der Waals surface area contributed by atoms with Gasteiger partial charge >= 0.3 is 0 Å². The van der Waals surface area contributed by atoms with Crippen LogP contribution in [-0.4, -0.2) is 16.0 Å². The van der Waals surface area contributed by atoms with Gasteiger partial charge in [-0.1, -0.05) is 48.9 Å². The van der Waals surface area contributed by atoms with E-state index in [2.05, 4.69) is 10.3 Å². The molecule has 0 aliphatic carbocycles. The second kappa shape index (κ2) is 7.97. The van der Waals surface area contributed by atoms with Gasteiger partial charge in [0.05, 0.1) is 6.04 Å². The van der Waals surface area contributed by atoms with E-state index >= 15 is 0 Å². The molecule has 2 rings (SSSR count). The number of halogens is 1. The molecule has 4 nitrogen and oxygen atoms in total. The fourth-order valence-corrected chi connectivity index (χ4v) is 2.79. The van der Waals surface area contributed by atoms with Crippen LogP contribution in [0.3, 0.4) is 0 Å². The number of phenolic OH excluding ortho intramolecular Hbond substituents is 1. The minimum atomic E-state index is -0.544. The number of nitrogens with one attached hydrogen (secondary N) is 1. The lowest BCUT2D eigenvalue weighted by Crippen LogP contribution is -2.29. The molecule has 1 heterocycles. The van der Waals surface area contributed by atoms with Gasteiger partial charge in [-0.3, -0.25) is 9.78 Å². The monoisotopic (exact) mass is 344 g/mol. The average molecular weight is 345 g/mol. The van der Waals surface area contributed by atoms with Gasteiger partial charge in [0.1, 0.15) is 11.3 Å². The van der Waals surface area contributed by atoms with Gasteiger partial charge in [-0.25, -0.2) is 0 Å². The first-order valence-electron chi connectivity index (χ1n) is 7.87. The zero-order valence-corrected chi connectivity index (χ0v) is 14.8. The van der Waals surface area contributed by atoms with Crippen molar-refractivity contribution in [3.63, 3.8) is 0 Å². The lowest BCUT2D eigenvalue weighted by Gasteiger charge is -2.23. The molecule has 1 amide bonds. The average Bonchev–Trinajstić information content (AvgIpc) is 2.61. The first-order chi connectivity index (χ1) is 11.5. The number of allylic oxidation sites excluding steroid dienone is 2. The molecule has 0 spiro atoms. The summed E-state index contributed by atoms with van der Waals surface area (Å²) in [6, 6.07) is 6.81. The summed E-state index contributed by atoms with van der Waals surface area (Å²) in [6.45, 7) is 5.45. The van der Waals surface area contributed by atoms with Crippen molar-refractivity contribution < 1.29 is 9.90 Å². The van der Waals surface area contributed by atoms with Gasteiger partial charge < -0.3 is 10.4 Å². The Morgan fingerprint density at radius 1 is 1.33 bits per heavy atom. The molecular formula is C19H21ClN2O2. The molecule has 0 saturated heterocycles. The van der Waals surface area contributed by atoms with E-state index in [0.717, 1.165) is 11.0 Å². The van der Waals surface area contributed by atoms with Gasteiger partial charge in [0.15, 0.2) is 0 Å². The number of hydrogen-bond donors (Lipinski definition) is 2. The number of pyridine rings is 1. The Morgan fingerprint density at radius 3 is 2.71 bits per heavy atom. The highest BCUT2D eigenvalue weighted by atomic mass is 35.5. The molecule has 0 aliphatic heterocycles. The number of carbonyl (C=O) groups excluding carboxylic acids is 1. The van der Waals surface area contributed by atoms with Crippen LogP contribution in [0, 0.1) is 0 Å². The van der Waals surface area contributed by atoms with Crippen LogP contribution in [0.4, 0.5) is 0 Å². The van der Waals surface area contributed by atoms with Crippen molar-refractivity contribution in [3.05, 3.63) is 58.8 Å². The standard InChI is InChI=1S/C19H21ClN2O2/c1-4-13(15(20)5-2)18(22-16(23)6-3)14-10-9-12-8-7-11-21-17(12)19(14)24/h4-5,7-11,18,24H,6H2,1-3H3,(H,22,23). The topological polar surface area (TPSA) is 62.2 Å². The number of phenols is 1. The summed E-state index contributed by atoms with van der Waals surface area (Å²) in [6.07, 6.45) is 5.57. The fraction of sp³-hybridized carbons (Fsp3) is 0.263. The molecule has 0 radical (unpaired) electrons. The molecule has 0 bridgehead atoms. The molecular weight excluding hydrogens is 324 g/mol. The predicted molar refractivity (Wildman–Crippen MR) is 97.9 cm³/mol. The minimum absolute atomic E-state index is 0.0504. The number of aromatic nitrogens is 1. The van der Waals surface area contributed by atoms with Gasteiger partial charge in [-0.2, -0.15) is 0 Å². The van der Waals surface area contributed by atoms with Crippen molar-refractivity contribution in [1.82, 2.24) is 10.3 Å². The zero-order valence-electron chi connectivity index (χ0n) is 14.0. The van der Waals surface area contributed by atoms with E-state index in [1.54, 1.807) is 25.3 Å². The lowest BCUT2D eigenvalue weighted by molar-refractivity contribution is -0.121. The summed E-state index contributed by atoms with van der Waals surface area (Å²) in [7, 11) is 0. The number of fused-ring (bicyclic) bond motifs is 1. The predicted octanol–water partition coefficient (Wildman–Crippen LogP) is 4.60. The van der Waals surface area contributed by atoms with Crippen molar-refractivity contribution in [2.45, 2.75) is 33.2 Å². The van der Waals surface area contributed by atoms with Crippen LogP contribution in [0.2, 0.25) is 0 Å². The van der Waals surface area contributed by atoms with Crippen molar-refractivity contribution in [2.75, 3.05) is 0 Å². The SMILES string of the molecule is CC=C(Cl)C(=CC)C(NC(=O)CC)c1ccc2cccnc2c1O. The van der Waals surface area contributed by atoms with Crippen LogP contribution in [0.1, 0.15) is 38.8 Å². The largest absolute Gasteiger partial charge is 0.505 e. The van der Waals surface area contributed by atoms with Gasteiger partial charge in [0.25, 0.3) is 0 Å². The molecule has 1 unspecified atom stereocenters. The van der Waals surface area contributed by atoms with Crippen LogP contribution in [0.25, 0.3) is 10.9 Å². The molecule has 5 heteroatoms. The first-order valence-corrected chi connectivity index (χ1v) is 8.25. The number of rotatable bonds is 5. The Morgan fingerprint density at radius 2 is 2.08 bits per heavy atom. The third-order valence-corrected chi connectivity index (χ3v) is 4.30. The van der Waals surface area contributed by atoms with Crippen molar-refractivity contribution in [2.24, 2.45) is 0 Å². The molecule has 0 fully saturated rings. The Labute approximate surface area is 146 Å². The van der Waals surface area contributed by atoms with Gasteiger partial charge in [0, 0.05) is 28.6 Å². The minimum Gasteiger partial charge on any atom is -0.505 e. The number of carbonyl (C=O) groups is 1. The summed E-state index contributed by atoms with van der Waals surface area (Å²) >= 11 is 6.32. The van der Waals surface area contributed by atoms with E-state index in [0.29, 0.717) is 22.5 Å². The Bertz CT molecular complexity index is 812. The maximum absolute atomic E-state index is 12.0. The van der Waals surface area contributed by atoms with E-state index in [9.17, 15) is 9.90 Å². The second-order valence-electron chi connectivity index (χ2n) is 5.31. The van der Waals surface area contributed by atoms with E-state index in [1.165, 1.54) is 0 Å². The Hall–Kier alpha value is -2.33.